The zero-order valence-corrected chi connectivity index (χ0v) is 12.1. The van der Waals surface area contributed by atoms with Crippen molar-refractivity contribution in [1.82, 2.24) is 10.3 Å². The number of aromatic nitrogens is 1. The van der Waals surface area contributed by atoms with E-state index in [-0.39, 0.29) is 11.9 Å². The fourth-order valence-corrected chi connectivity index (χ4v) is 2.80. The zero-order valence-electron chi connectivity index (χ0n) is 12.1. The van der Waals surface area contributed by atoms with Crippen LogP contribution in [-0.2, 0) is 0 Å². The molecule has 0 spiro atoms. The van der Waals surface area contributed by atoms with E-state index in [0.29, 0.717) is 0 Å². The molecule has 3 rings (SSSR count). The van der Waals surface area contributed by atoms with Crippen LogP contribution in [0.5, 0.6) is 0 Å². The van der Waals surface area contributed by atoms with Crippen LogP contribution in [0.15, 0.2) is 54.9 Å². The summed E-state index contributed by atoms with van der Waals surface area (Å²) in [5.74, 6) is -0.210. The highest BCUT2D eigenvalue weighted by Crippen LogP contribution is 2.28. The molecule has 1 atom stereocenters. The summed E-state index contributed by atoms with van der Waals surface area (Å²) in [5.41, 5.74) is 2.88. The van der Waals surface area contributed by atoms with Crippen LogP contribution in [0.4, 0.5) is 4.39 Å². The molecule has 0 fully saturated rings. The van der Waals surface area contributed by atoms with E-state index >= 15 is 0 Å². The third kappa shape index (κ3) is 2.65. The van der Waals surface area contributed by atoms with Gasteiger partial charge in [-0.25, -0.2) is 4.39 Å². The SMILES string of the molecule is CNC(c1cc(C)cc(F)c1)c1cncc2ccccc12. The molecular formula is C18H17FN2. The van der Waals surface area contributed by atoms with E-state index in [2.05, 4.69) is 16.4 Å². The minimum Gasteiger partial charge on any atom is -0.309 e. The van der Waals surface area contributed by atoms with Crippen molar-refractivity contribution in [1.29, 1.82) is 0 Å². The smallest absolute Gasteiger partial charge is 0.123 e. The lowest BCUT2D eigenvalue weighted by Gasteiger charge is -2.19. The quantitative estimate of drug-likeness (QED) is 0.784. The highest BCUT2D eigenvalue weighted by Gasteiger charge is 2.16. The Hall–Kier alpha value is -2.26. The Labute approximate surface area is 123 Å². The normalized spacial score (nSPS) is 12.5. The Kier molecular flexibility index (Phi) is 3.67. The summed E-state index contributed by atoms with van der Waals surface area (Å²) in [6.45, 7) is 1.90. The number of hydrogen-bond acceptors (Lipinski definition) is 2. The van der Waals surface area contributed by atoms with Gasteiger partial charge >= 0.3 is 0 Å². The van der Waals surface area contributed by atoms with Gasteiger partial charge in [-0.2, -0.15) is 0 Å². The molecule has 1 heterocycles. The van der Waals surface area contributed by atoms with E-state index in [1.54, 1.807) is 6.07 Å². The number of nitrogens with one attached hydrogen (secondary N) is 1. The largest absolute Gasteiger partial charge is 0.309 e. The molecule has 3 aromatic rings. The van der Waals surface area contributed by atoms with Crippen molar-refractivity contribution in [3.05, 3.63) is 77.4 Å². The molecule has 0 bridgehead atoms. The molecule has 0 saturated heterocycles. The molecular weight excluding hydrogens is 263 g/mol. The maximum atomic E-state index is 13.7. The molecule has 1 unspecified atom stereocenters. The van der Waals surface area contributed by atoms with Gasteiger partial charge in [0.2, 0.25) is 0 Å². The van der Waals surface area contributed by atoms with Crippen LogP contribution in [0.1, 0.15) is 22.7 Å². The summed E-state index contributed by atoms with van der Waals surface area (Å²) in [4.78, 5) is 4.32. The fraction of sp³-hybridized carbons (Fsp3) is 0.167. The maximum Gasteiger partial charge on any atom is 0.123 e. The molecule has 21 heavy (non-hydrogen) atoms. The Balaban J connectivity index is 2.18. The third-order valence-electron chi connectivity index (χ3n) is 3.70. The van der Waals surface area contributed by atoms with E-state index < -0.39 is 0 Å². The third-order valence-corrected chi connectivity index (χ3v) is 3.70. The Morgan fingerprint density at radius 1 is 1.10 bits per heavy atom. The van der Waals surface area contributed by atoms with E-state index in [1.165, 1.54) is 6.07 Å². The van der Waals surface area contributed by atoms with Crippen molar-refractivity contribution < 1.29 is 4.39 Å². The van der Waals surface area contributed by atoms with Gasteiger partial charge in [0.05, 0.1) is 6.04 Å². The first-order valence-corrected chi connectivity index (χ1v) is 6.96. The molecule has 2 aromatic carbocycles. The predicted molar refractivity (Wildman–Crippen MR) is 83.8 cm³/mol. The molecule has 3 heteroatoms. The summed E-state index contributed by atoms with van der Waals surface area (Å²) in [6.07, 6.45) is 3.70. The number of fused-ring (bicyclic) bond motifs is 1. The zero-order chi connectivity index (χ0) is 14.8. The summed E-state index contributed by atoms with van der Waals surface area (Å²) in [7, 11) is 1.88. The number of halogens is 1. The van der Waals surface area contributed by atoms with Gasteiger partial charge in [0.15, 0.2) is 0 Å². The summed E-state index contributed by atoms with van der Waals surface area (Å²) < 4.78 is 13.7. The summed E-state index contributed by atoms with van der Waals surface area (Å²) in [6, 6.07) is 13.2. The van der Waals surface area contributed by atoms with Gasteiger partial charge in [-0.3, -0.25) is 4.98 Å². The Morgan fingerprint density at radius 2 is 1.90 bits per heavy atom. The lowest BCUT2D eigenvalue weighted by atomic mass is 9.95. The van der Waals surface area contributed by atoms with Crippen molar-refractivity contribution in [3.8, 4) is 0 Å². The second-order valence-corrected chi connectivity index (χ2v) is 5.23. The van der Waals surface area contributed by atoms with E-state index in [1.807, 2.05) is 50.6 Å². The minimum atomic E-state index is -0.210. The predicted octanol–water partition coefficient (Wildman–Crippen LogP) is 3.99. The van der Waals surface area contributed by atoms with Crippen LogP contribution < -0.4 is 5.32 Å². The van der Waals surface area contributed by atoms with Crippen molar-refractivity contribution in [3.63, 3.8) is 0 Å². The van der Waals surface area contributed by atoms with Crippen molar-refractivity contribution in [2.45, 2.75) is 13.0 Å². The second kappa shape index (κ2) is 5.62. The average molecular weight is 280 g/mol. The summed E-state index contributed by atoms with van der Waals surface area (Å²) >= 11 is 0. The molecule has 0 aliphatic rings. The van der Waals surface area contributed by atoms with Gasteiger partial charge < -0.3 is 5.32 Å². The molecule has 1 aromatic heterocycles. The van der Waals surface area contributed by atoms with Gasteiger partial charge in [0.25, 0.3) is 0 Å². The minimum absolute atomic E-state index is 0.0852. The first kappa shape index (κ1) is 13.7. The second-order valence-electron chi connectivity index (χ2n) is 5.23. The van der Waals surface area contributed by atoms with E-state index in [0.717, 1.165) is 27.5 Å². The van der Waals surface area contributed by atoms with Crippen molar-refractivity contribution in [2.75, 3.05) is 7.05 Å². The first-order valence-electron chi connectivity index (χ1n) is 6.96. The number of nitrogens with zero attached hydrogens (tertiary/aromatic N) is 1. The molecule has 0 radical (unpaired) electrons. The molecule has 0 aliphatic heterocycles. The monoisotopic (exact) mass is 280 g/mol. The lowest BCUT2D eigenvalue weighted by molar-refractivity contribution is 0.615. The summed E-state index contributed by atoms with van der Waals surface area (Å²) in [5, 5.41) is 5.49. The molecule has 0 amide bonds. The lowest BCUT2D eigenvalue weighted by Crippen LogP contribution is -2.18. The van der Waals surface area contributed by atoms with Crippen LogP contribution in [-0.4, -0.2) is 12.0 Å². The first-order chi connectivity index (χ1) is 10.2. The van der Waals surface area contributed by atoms with Gasteiger partial charge in [-0.15, -0.1) is 0 Å². The van der Waals surface area contributed by atoms with Crippen LogP contribution >= 0.6 is 0 Å². The highest BCUT2D eigenvalue weighted by molar-refractivity contribution is 5.85. The van der Waals surface area contributed by atoms with Gasteiger partial charge in [0, 0.05) is 17.8 Å². The van der Waals surface area contributed by atoms with E-state index in [4.69, 9.17) is 0 Å². The van der Waals surface area contributed by atoms with Crippen LogP contribution in [0.3, 0.4) is 0 Å². The Morgan fingerprint density at radius 3 is 2.67 bits per heavy atom. The van der Waals surface area contributed by atoms with Gasteiger partial charge in [-0.05, 0) is 48.2 Å². The fourth-order valence-electron chi connectivity index (χ4n) is 2.80. The molecule has 2 nitrogen and oxygen atoms in total. The molecule has 106 valence electrons. The van der Waals surface area contributed by atoms with Crippen molar-refractivity contribution >= 4 is 10.8 Å². The highest BCUT2D eigenvalue weighted by atomic mass is 19.1. The average Bonchev–Trinajstić information content (AvgIpc) is 2.47. The van der Waals surface area contributed by atoms with Gasteiger partial charge in [0.1, 0.15) is 5.82 Å². The number of pyridine rings is 1. The standard InChI is InChI=1S/C18H17FN2/c1-12-7-14(9-15(19)8-12)18(20-2)17-11-21-10-13-5-3-4-6-16(13)17/h3-11,18,20H,1-2H3. The van der Waals surface area contributed by atoms with Gasteiger partial charge in [-0.1, -0.05) is 30.3 Å². The molecule has 1 N–H and O–H groups in total. The van der Waals surface area contributed by atoms with Crippen LogP contribution in [0, 0.1) is 12.7 Å². The molecule has 0 aliphatic carbocycles. The van der Waals surface area contributed by atoms with Crippen LogP contribution in [0.2, 0.25) is 0 Å². The van der Waals surface area contributed by atoms with E-state index in [9.17, 15) is 4.39 Å². The van der Waals surface area contributed by atoms with Crippen molar-refractivity contribution in [2.24, 2.45) is 0 Å². The maximum absolute atomic E-state index is 13.7. The number of rotatable bonds is 3. The number of hydrogen-bond donors (Lipinski definition) is 1. The number of benzene rings is 2. The Bertz CT molecular complexity index is 758. The van der Waals surface area contributed by atoms with Crippen LogP contribution in [0.25, 0.3) is 10.8 Å². The number of aryl methyl sites for hydroxylation is 1. The topological polar surface area (TPSA) is 24.9 Å². The molecule has 0 saturated carbocycles.